The molecule has 0 saturated heterocycles. The first-order chi connectivity index (χ1) is 13.3. The minimum Gasteiger partial charge on any atom is -0.326 e. The van der Waals surface area contributed by atoms with Crippen molar-refractivity contribution in [1.82, 2.24) is 9.97 Å². The van der Waals surface area contributed by atoms with E-state index in [-0.39, 0.29) is 27.3 Å². The SMILES string of the molecule is O=C(Cc1cccc(Br)c1F)Nc1ccc(S(=O)(=O)Nc2ncccn2)cc1. The van der Waals surface area contributed by atoms with Crippen molar-refractivity contribution in [3.8, 4) is 0 Å². The van der Waals surface area contributed by atoms with Gasteiger partial charge in [-0.3, -0.25) is 4.79 Å². The number of halogens is 2. The number of hydrogen-bond acceptors (Lipinski definition) is 5. The Hall–Kier alpha value is -2.85. The molecular weight excluding hydrogens is 451 g/mol. The summed E-state index contributed by atoms with van der Waals surface area (Å²) in [6.07, 6.45) is 2.67. The van der Waals surface area contributed by atoms with Crippen molar-refractivity contribution in [3.63, 3.8) is 0 Å². The highest BCUT2D eigenvalue weighted by atomic mass is 79.9. The molecule has 0 aliphatic rings. The molecule has 3 rings (SSSR count). The van der Waals surface area contributed by atoms with E-state index in [1.54, 1.807) is 18.2 Å². The summed E-state index contributed by atoms with van der Waals surface area (Å²) in [6.45, 7) is 0. The van der Waals surface area contributed by atoms with Gasteiger partial charge in [-0.15, -0.1) is 0 Å². The smallest absolute Gasteiger partial charge is 0.264 e. The van der Waals surface area contributed by atoms with Gasteiger partial charge in [-0.05, 0) is 57.9 Å². The maximum Gasteiger partial charge on any atom is 0.264 e. The Labute approximate surface area is 169 Å². The van der Waals surface area contributed by atoms with Gasteiger partial charge in [0.25, 0.3) is 10.0 Å². The predicted octanol–water partition coefficient (Wildman–Crippen LogP) is 3.36. The minimum absolute atomic E-state index is 0.0176. The Morgan fingerprint density at radius 2 is 1.71 bits per heavy atom. The fourth-order valence-corrected chi connectivity index (χ4v) is 3.68. The Bertz CT molecular complexity index is 1090. The van der Waals surface area contributed by atoms with Gasteiger partial charge < -0.3 is 5.32 Å². The normalized spacial score (nSPS) is 11.1. The van der Waals surface area contributed by atoms with Crippen molar-refractivity contribution in [2.45, 2.75) is 11.3 Å². The minimum atomic E-state index is -3.86. The average Bonchev–Trinajstić information content (AvgIpc) is 2.66. The van der Waals surface area contributed by atoms with Gasteiger partial charge in [0.15, 0.2) is 0 Å². The molecule has 10 heteroatoms. The summed E-state index contributed by atoms with van der Waals surface area (Å²) in [5, 5.41) is 2.60. The van der Waals surface area contributed by atoms with Crippen molar-refractivity contribution in [3.05, 3.63) is 76.8 Å². The van der Waals surface area contributed by atoms with Crippen LogP contribution >= 0.6 is 15.9 Å². The van der Waals surface area contributed by atoms with Gasteiger partial charge in [0.2, 0.25) is 11.9 Å². The van der Waals surface area contributed by atoms with E-state index in [0.29, 0.717) is 5.69 Å². The van der Waals surface area contributed by atoms with Crippen molar-refractivity contribution in [2.75, 3.05) is 10.0 Å². The summed E-state index contributed by atoms with van der Waals surface area (Å²) >= 11 is 3.07. The first-order valence-electron chi connectivity index (χ1n) is 7.98. The van der Waals surface area contributed by atoms with Gasteiger partial charge in [0.1, 0.15) is 5.82 Å². The third-order valence-electron chi connectivity index (χ3n) is 3.62. The Kier molecular flexibility index (Phi) is 6.00. The lowest BCUT2D eigenvalue weighted by atomic mass is 10.1. The van der Waals surface area contributed by atoms with E-state index >= 15 is 0 Å². The maximum atomic E-state index is 14.0. The van der Waals surface area contributed by atoms with E-state index in [2.05, 4.69) is 35.9 Å². The number of nitrogens with one attached hydrogen (secondary N) is 2. The number of amides is 1. The van der Waals surface area contributed by atoms with Crippen LogP contribution < -0.4 is 10.0 Å². The number of nitrogens with zero attached hydrogens (tertiary/aromatic N) is 2. The monoisotopic (exact) mass is 464 g/mol. The van der Waals surface area contributed by atoms with Gasteiger partial charge in [0, 0.05) is 18.1 Å². The quantitative estimate of drug-likeness (QED) is 0.582. The van der Waals surface area contributed by atoms with Crippen LogP contribution in [0.25, 0.3) is 0 Å². The molecule has 28 heavy (non-hydrogen) atoms. The fourth-order valence-electron chi connectivity index (χ4n) is 2.31. The molecule has 1 aromatic heterocycles. The van der Waals surface area contributed by atoms with Crippen molar-refractivity contribution < 1.29 is 17.6 Å². The molecule has 0 aliphatic heterocycles. The van der Waals surface area contributed by atoms with Crippen LogP contribution in [0.15, 0.2) is 70.3 Å². The topological polar surface area (TPSA) is 101 Å². The molecule has 0 unspecified atom stereocenters. The van der Waals surface area contributed by atoms with E-state index in [1.165, 1.54) is 42.7 Å². The summed E-state index contributed by atoms with van der Waals surface area (Å²) in [5.74, 6) is -0.965. The molecule has 0 aliphatic carbocycles. The van der Waals surface area contributed by atoms with Crippen molar-refractivity contribution >= 4 is 43.5 Å². The highest BCUT2D eigenvalue weighted by Gasteiger charge is 2.16. The molecule has 0 bridgehead atoms. The van der Waals surface area contributed by atoms with E-state index in [0.717, 1.165) is 0 Å². The molecule has 1 heterocycles. The van der Waals surface area contributed by atoms with Crippen LogP contribution in [-0.2, 0) is 21.2 Å². The molecule has 2 aromatic carbocycles. The first-order valence-corrected chi connectivity index (χ1v) is 10.3. The van der Waals surface area contributed by atoms with Crippen LogP contribution in [0.3, 0.4) is 0 Å². The number of aromatic nitrogens is 2. The van der Waals surface area contributed by atoms with E-state index in [4.69, 9.17) is 0 Å². The largest absolute Gasteiger partial charge is 0.326 e. The van der Waals surface area contributed by atoms with Crippen LogP contribution in [0.2, 0.25) is 0 Å². The second-order valence-electron chi connectivity index (χ2n) is 5.64. The maximum absolute atomic E-state index is 14.0. The summed E-state index contributed by atoms with van der Waals surface area (Å²) in [7, 11) is -3.86. The number of carbonyl (C=O) groups is 1. The third-order valence-corrected chi connectivity index (χ3v) is 5.58. The van der Waals surface area contributed by atoms with Crippen LogP contribution in [-0.4, -0.2) is 24.3 Å². The van der Waals surface area contributed by atoms with Crippen LogP contribution in [0, 0.1) is 5.82 Å². The second kappa shape index (κ2) is 8.44. The fraction of sp³-hybridized carbons (Fsp3) is 0.0556. The molecule has 0 atom stereocenters. The van der Waals surface area contributed by atoms with Gasteiger partial charge >= 0.3 is 0 Å². The van der Waals surface area contributed by atoms with E-state index < -0.39 is 21.7 Å². The lowest BCUT2D eigenvalue weighted by molar-refractivity contribution is -0.115. The molecule has 0 radical (unpaired) electrons. The highest BCUT2D eigenvalue weighted by Crippen LogP contribution is 2.20. The molecule has 0 fully saturated rings. The number of sulfonamides is 1. The molecular formula is C18H14BrFN4O3S. The van der Waals surface area contributed by atoms with Crippen LogP contribution in [0.4, 0.5) is 16.0 Å². The average molecular weight is 465 g/mol. The number of rotatable bonds is 6. The van der Waals surface area contributed by atoms with Crippen LogP contribution in [0.5, 0.6) is 0 Å². The summed E-state index contributed by atoms with van der Waals surface area (Å²) in [6, 6.07) is 11.8. The van der Waals surface area contributed by atoms with Crippen molar-refractivity contribution in [1.29, 1.82) is 0 Å². The zero-order chi connectivity index (χ0) is 20.1. The molecule has 0 saturated carbocycles. The van der Waals surface area contributed by atoms with Gasteiger partial charge in [0.05, 0.1) is 15.8 Å². The molecule has 0 spiro atoms. The molecule has 7 nitrogen and oxygen atoms in total. The van der Waals surface area contributed by atoms with Crippen LogP contribution in [0.1, 0.15) is 5.56 Å². The Morgan fingerprint density at radius 1 is 1.04 bits per heavy atom. The second-order valence-corrected chi connectivity index (χ2v) is 8.18. The lowest BCUT2D eigenvalue weighted by Gasteiger charge is -2.09. The standard InChI is InChI=1S/C18H14BrFN4O3S/c19-15-4-1-3-12(17(15)20)11-16(25)23-13-5-7-14(8-6-13)28(26,27)24-18-21-9-2-10-22-18/h1-10H,11H2,(H,23,25)(H,21,22,24). The summed E-state index contributed by atoms with van der Waals surface area (Å²) in [4.78, 5) is 19.7. The number of hydrogen-bond donors (Lipinski definition) is 2. The zero-order valence-corrected chi connectivity index (χ0v) is 16.7. The summed E-state index contributed by atoms with van der Waals surface area (Å²) < 4.78 is 41.1. The van der Waals surface area contributed by atoms with Gasteiger partial charge in [-0.25, -0.2) is 27.5 Å². The molecule has 1 amide bonds. The number of anilines is 2. The first kappa shape index (κ1) is 19.9. The van der Waals surface area contributed by atoms with Crippen molar-refractivity contribution in [2.24, 2.45) is 0 Å². The predicted molar refractivity (Wildman–Crippen MR) is 106 cm³/mol. The summed E-state index contributed by atoms with van der Waals surface area (Å²) in [5.41, 5.74) is 0.633. The highest BCUT2D eigenvalue weighted by molar-refractivity contribution is 9.10. The lowest BCUT2D eigenvalue weighted by Crippen LogP contribution is -2.16. The molecule has 2 N–H and O–H groups in total. The number of benzene rings is 2. The Balaban J connectivity index is 1.67. The van der Waals surface area contributed by atoms with Gasteiger partial charge in [-0.2, -0.15) is 0 Å². The molecule has 3 aromatic rings. The zero-order valence-electron chi connectivity index (χ0n) is 14.3. The number of carbonyl (C=O) groups excluding carboxylic acids is 1. The van der Waals surface area contributed by atoms with E-state index in [1.807, 2.05) is 0 Å². The van der Waals surface area contributed by atoms with E-state index in [9.17, 15) is 17.6 Å². The Morgan fingerprint density at radius 3 is 2.39 bits per heavy atom. The molecule has 144 valence electrons. The third kappa shape index (κ3) is 4.90. The van der Waals surface area contributed by atoms with Gasteiger partial charge in [-0.1, -0.05) is 12.1 Å².